The molecule has 2 nitrogen and oxygen atoms in total. The summed E-state index contributed by atoms with van der Waals surface area (Å²) >= 11 is 0. The number of hydrogen-bond acceptors (Lipinski definition) is 2. The molecule has 0 saturated carbocycles. The summed E-state index contributed by atoms with van der Waals surface area (Å²) in [6.45, 7) is 0. The van der Waals surface area contributed by atoms with Crippen molar-refractivity contribution in [3.05, 3.63) is 109 Å². The molecule has 1 heterocycles. The molecule has 0 N–H and O–H groups in total. The fraction of sp³-hybridized carbons (Fsp3) is 0.0455. The zero-order chi connectivity index (χ0) is 17.0. The predicted molar refractivity (Wildman–Crippen MR) is 105 cm³/mol. The van der Waals surface area contributed by atoms with Gasteiger partial charge in [-0.3, -0.25) is 0 Å². The first kappa shape index (κ1) is 15.8. The molecule has 1 aromatic heterocycles. The second kappa shape index (κ2) is 7.04. The molecule has 0 unspecified atom stereocenters. The minimum atomic E-state index is -1.86. The number of hydrogen-bond donors (Lipinski definition) is 0. The highest BCUT2D eigenvalue weighted by molar-refractivity contribution is 7.95. The Morgan fingerprint density at radius 1 is 0.640 bits per heavy atom. The molecule has 4 aromatic rings. The second-order valence-corrected chi connectivity index (χ2v) is 9.44. The van der Waals surface area contributed by atoms with Crippen LogP contribution in [0.3, 0.4) is 0 Å². The highest BCUT2D eigenvalue weighted by atomic mass is 31.2. The largest absolute Gasteiger partial charge is 0.451 e. The van der Waals surface area contributed by atoms with Crippen LogP contribution in [0.4, 0.5) is 0 Å². The topological polar surface area (TPSA) is 26.0 Å². The third kappa shape index (κ3) is 3.01. The monoisotopic (exact) mass is 344 g/mol. The number of benzene rings is 3. The lowest BCUT2D eigenvalue weighted by atomic mass is 10.4. The molecule has 0 bridgehead atoms. The highest BCUT2D eigenvalue weighted by Crippen LogP contribution is 2.57. The van der Waals surface area contributed by atoms with Gasteiger partial charge in [0.25, 0.3) is 0 Å². The van der Waals surface area contributed by atoms with Gasteiger partial charge in [-0.15, -0.1) is 0 Å². The van der Waals surface area contributed by atoms with Crippen molar-refractivity contribution in [3.8, 4) is 0 Å². The van der Waals surface area contributed by atoms with Crippen molar-refractivity contribution >= 4 is 23.2 Å². The zero-order valence-electron chi connectivity index (χ0n) is 13.8. The first-order valence-electron chi connectivity index (χ1n) is 8.31. The standard InChI is InChI=1S/C22H19NOP/c1-4-10-20(11-5-1)25(17-19-16-24-18-23-19,21-12-6-2-7-13-21)22-14-8-3-9-15-22/h1-16,18H,17H2/q+1. The van der Waals surface area contributed by atoms with Gasteiger partial charge in [-0.2, -0.15) is 0 Å². The summed E-state index contributed by atoms with van der Waals surface area (Å²) < 4.78 is 5.27. The fourth-order valence-corrected chi connectivity index (χ4v) is 7.45. The van der Waals surface area contributed by atoms with Gasteiger partial charge >= 0.3 is 0 Å². The third-order valence-corrected chi connectivity index (χ3v) is 8.81. The molecule has 4 rings (SSSR count). The molecule has 0 aliphatic heterocycles. The van der Waals surface area contributed by atoms with E-state index in [-0.39, 0.29) is 0 Å². The summed E-state index contributed by atoms with van der Waals surface area (Å²) in [4.78, 5) is 4.44. The van der Waals surface area contributed by atoms with Gasteiger partial charge in [0.1, 0.15) is 41.3 Å². The Labute approximate surface area is 148 Å². The first-order chi connectivity index (χ1) is 12.4. The maximum atomic E-state index is 5.27. The van der Waals surface area contributed by atoms with Gasteiger partial charge in [0.15, 0.2) is 6.39 Å². The quantitative estimate of drug-likeness (QED) is 0.508. The molecule has 122 valence electrons. The van der Waals surface area contributed by atoms with Gasteiger partial charge in [0, 0.05) is 0 Å². The Bertz CT molecular complexity index is 810. The number of aromatic nitrogens is 1. The summed E-state index contributed by atoms with van der Waals surface area (Å²) in [5.41, 5.74) is 0.991. The number of rotatable bonds is 5. The minimum Gasteiger partial charge on any atom is -0.451 e. The van der Waals surface area contributed by atoms with E-state index >= 15 is 0 Å². The molecule has 0 saturated heterocycles. The predicted octanol–water partition coefficient (Wildman–Crippen LogP) is 4.17. The van der Waals surface area contributed by atoms with E-state index in [9.17, 15) is 0 Å². The molecule has 0 spiro atoms. The molecule has 3 aromatic carbocycles. The second-order valence-electron chi connectivity index (χ2n) is 5.95. The lowest BCUT2D eigenvalue weighted by Gasteiger charge is -2.26. The molecular formula is C22H19NOP+. The SMILES string of the molecule is c1ccc([P+](Cc2cocn2)(c2ccccc2)c2ccccc2)cc1. The molecule has 0 radical (unpaired) electrons. The van der Waals surface area contributed by atoms with Gasteiger partial charge < -0.3 is 4.42 Å². The molecule has 0 aliphatic rings. The Hall–Kier alpha value is -2.70. The van der Waals surface area contributed by atoms with Crippen LogP contribution in [0.25, 0.3) is 0 Å². The first-order valence-corrected chi connectivity index (χ1v) is 10.3. The van der Waals surface area contributed by atoms with Crippen LogP contribution in [0.15, 0.2) is 108 Å². The van der Waals surface area contributed by atoms with Gasteiger partial charge in [-0.1, -0.05) is 54.6 Å². The van der Waals surface area contributed by atoms with Crippen LogP contribution >= 0.6 is 7.26 Å². The summed E-state index contributed by atoms with van der Waals surface area (Å²) in [7, 11) is -1.86. The van der Waals surface area contributed by atoms with Crippen molar-refractivity contribution in [1.29, 1.82) is 0 Å². The van der Waals surface area contributed by atoms with Crippen LogP contribution in [-0.4, -0.2) is 4.98 Å². The van der Waals surface area contributed by atoms with Gasteiger partial charge in [0.05, 0.1) is 0 Å². The summed E-state index contributed by atoms with van der Waals surface area (Å²) in [6.07, 6.45) is 4.14. The summed E-state index contributed by atoms with van der Waals surface area (Å²) in [5.74, 6) is 0. The Kier molecular flexibility index (Phi) is 4.45. The van der Waals surface area contributed by atoms with Crippen molar-refractivity contribution in [3.63, 3.8) is 0 Å². The van der Waals surface area contributed by atoms with Gasteiger partial charge in [-0.05, 0) is 36.4 Å². The highest BCUT2D eigenvalue weighted by Gasteiger charge is 2.45. The average molecular weight is 344 g/mol. The van der Waals surface area contributed by atoms with E-state index in [0.29, 0.717) is 0 Å². The molecule has 25 heavy (non-hydrogen) atoms. The maximum absolute atomic E-state index is 5.27. The summed E-state index contributed by atoms with van der Waals surface area (Å²) in [5, 5.41) is 4.07. The van der Waals surface area contributed by atoms with Crippen LogP contribution < -0.4 is 15.9 Å². The van der Waals surface area contributed by atoms with Crippen molar-refractivity contribution in [2.24, 2.45) is 0 Å². The van der Waals surface area contributed by atoms with Crippen molar-refractivity contribution in [2.45, 2.75) is 6.16 Å². The normalized spacial score (nSPS) is 11.4. The lowest BCUT2D eigenvalue weighted by Crippen LogP contribution is -2.32. The van der Waals surface area contributed by atoms with E-state index in [1.165, 1.54) is 22.3 Å². The molecule has 0 fully saturated rings. The lowest BCUT2D eigenvalue weighted by molar-refractivity contribution is 0.557. The Morgan fingerprint density at radius 2 is 1.08 bits per heavy atom. The average Bonchev–Trinajstić information content (AvgIpc) is 3.21. The van der Waals surface area contributed by atoms with E-state index in [0.717, 1.165) is 11.9 Å². The molecule has 0 atom stereocenters. The van der Waals surface area contributed by atoms with Crippen LogP contribution in [0.1, 0.15) is 5.69 Å². The number of nitrogens with zero attached hydrogens (tertiary/aromatic N) is 1. The molecule has 0 amide bonds. The molecule has 0 aliphatic carbocycles. The van der Waals surface area contributed by atoms with E-state index in [4.69, 9.17) is 4.42 Å². The van der Waals surface area contributed by atoms with Gasteiger partial charge in [0.2, 0.25) is 0 Å². The van der Waals surface area contributed by atoms with Crippen LogP contribution in [0.2, 0.25) is 0 Å². The van der Waals surface area contributed by atoms with Crippen LogP contribution in [0, 0.1) is 0 Å². The Morgan fingerprint density at radius 3 is 1.44 bits per heavy atom. The number of oxazole rings is 1. The van der Waals surface area contributed by atoms with Crippen LogP contribution in [-0.2, 0) is 6.16 Å². The van der Waals surface area contributed by atoms with Crippen molar-refractivity contribution in [1.82, 2.24) is 4.98 Å². The minimum absolute atomic E-state index is 0.849. The van der Waals surface area contributed by atoms with Gasteiger partial charge in [-0.25, -0.2) is 4.98 Å². The zero-order valence-corrected chi connectivity index (χ0v) is 14.7. The smallest absolute Gasteiger partial charge is 0.180 e. The van der Waals surface area contributed by atoms with E-state index < -0.39 is 7.26 Å². The third-order valence-electron chi connectivity index (χ3n) is 4.47. The Balaban J connectivity index is 2.01. The van der Waals surface area contributed by atoms with Crippen molar-refractivity contribution in [2.75, 3.05) is 0 Å². The van der Waals surface area contributed by atoms with Crippen LogP contribution in [0.5, 0.6) is 0 Å². The molecular weight excluding hydrogens is 325 g/mol. The molecule has 3 heteroatoms. The van der Waals surface area contributed by atoms with Crippen molar-refractivity contribution < 1.29 is 4.42 Å². The van der Waals surface area contributed by atoms with E-state index in [1.807, 2.05) is 0 Å². The maximum Gasteiger partial charge on any atom is 0.180 e. The van der Waals surface area contributed by atoms with E-state index in [2.05, 4.69) is 96.0 Å². The fourth-order valence-electron chi connectivity index (χ4n) is 3.33. The summed E-state index contributed by atoms with van der Waals surface area (Å²) in [6, 6.07) is 32.4. The van der Waals surface area contributed by atoms with E-state index in [1.54, 1.807) is 6.26 Å².